The molecule has 1 unspecified atom stereocenters. The van der Waals surface area contributed by atoms with Gasteiger partial charge in [0.1, 0.15) is 0 Å². The molecular weight excluding hydrogens is 272 g/mol. The average molecular weight is 287 g/mol. The number of amides is 1. The second kappa shape index (κ2) is 6.94. The maximum atomic E-state index is 11.9. The van der Waals surface area contributed by atoms with Gasteiger partial charge in [-0.1, -0.05) is 11.6 Å². The lowest BCUT2D eigenvalue weighted by atomic mass is 10.2. The molecular formula is C12H15ClN2O4. The van der Waals surface area contributed by atoms with Crippen molar-refractivity contribution in [1.82, 2.24) is 10.3 Å². The van der Waals surface area contributed by atoms with Crippen LogP contribution in [0.1, 0.15) is 30.8 Å². The molecule has 1 heterocycles. The molecule has 6 nitrogen and oxygen atoms in total. The van der Waals surface area contributed by atoms with Crippen LogP contribution in [0, 0.1) is 0 Å². The Labute approximate surface area is 115 Å². The van der Waals surface area contributed by atoms with Gasteiger partial charge in [0, 0.05) is 12.1 Å². The third kappa shape index (κ3) is 4.75. The fraction of sp³-hybridized carbons (Fsp3) is 0.417. The van der Waals surface area contributed by atoms with E-state index < -0.39 is 17.9 Å². The molecule has 1 rings (SSSR count). The molecule has 0 aliphatic rings. The zero-order chi connectivity index (χ0) is 14.4. The first-order valence-corrected chi connectivity index (χ1v) is 6.13. The van der Waals surface area contributed by atoms with Gasteiger partial charge >= 0.3 is 5.97 Å². The summed E-state index contributed by atoms with van der Waals surface area (Å²) in [6.07, 6.45) is -0.172. The first kappa shape index (κ1) is 15.2. The highest BCUT2D eigenvalue weighted by atomic mass is 35.5. The highest BCUT2D eigenvalue weighted by Gasteiger charge is 2.17. The SMILES string of the molecule is CCOc1ccc(Cl)c(C(=O)NC(C)CC(=O)O)n1. The molecule has 0 aliphatic carbocycles. The minimum absolute atomic E-state index is 0.0184. The number of hydrogen-bond acceptors (Lipinski definition) is 4. The standard InChI is InChI=1S/C12H15ClN2O4/c1-3-19-9-5-4-8(13)11(15-9)12(18)14-7(2)6-10(16)17/h4-5,7H,3,6H2,1-2H3,(H,14,18)(H,16,17). The fourth-order valence-corrected chi connectivity index (χ4v) is 1.61. The van der Waals surface area contributed by atoms with E-state index in [0.29, 0.717) is 12.5 Å². The Kier molecular flexibility index (Phi) is 5.57. The van der Waals surface area contributed by atoms with Gasteiger partial charge in [0.2, 0.25) is 5.88 Å². The zero-order valence-electron chi connectivity index (χ0n) is 10.6. The predicted molar refractivity (Wildman–Crippen MR) is 69.6 cm³/mol. The van der Waals surface area contributed by atoms with Crippen molar-refractivity contribution in [1.29, 1.82) is 0 Å². The second-order valence-corrected chi connectivity index (χ2v) is 4.29. The molecule has 1 aromatic rings. The molecule has 0 spiro atoms. The molecule has 19 heavy (non-hydrogen) atoms. The third-order valence-corrected chi connectivity index (χ3v) is 2.49. The number of carboxylic acid groups (broad SMARTS) is 1. The van der Waals surface area contributed by atoms with Gasteiger partial charge in [-0.2, -0.15) is 0 Å². The summed E-state index contributed by atoms with van der Waals surface area (Å²) in [5, 5.41) is 11.3. The van der Waals surface area contributed by atoms with Crippen molar-refractivity contribution < 1.29 is 19.4 Å². The minimum atomic E-state index is -0.991. The average Bonchev–Trinajstić information content (AvgIpc) is 2.30. The number of rotatable bonds is 6. The van der Waals surface area contributed by atoms with Gasteiger partial charge in [0.05, 0.1) is 18.1 Å². The van der Waals surface area contributed by atoms with E-state index in [-0.39, 0.29) is 17.1 Å². The predicted octanol–water partition coefficient (Wildman–Crippen LogP) is 1.73. The molecule has 0 bridgehead atoms. The van der Waals surface area contributed by atoms with Crippen LogP contribution >= 0.6 is 11.6 Å². The van der Waals surface area contributed by atoms with Gasteiger partial charge < -0.3 is 15.2 Å². The number of aliphatic carboxylic acids is 1. The van der Waals surface area contributed by atoms with Gasteiger partial charge in [0.25, 0.3) is 5.91 Å². The Morgan fingerprint density at radius 3 is 2.79 bits per heavy atom. The van der Waals surface area contributed by atoms with Crippen molar-refractivity contribution >= 4 is 23.5 Å². The highest BCUT2D eigenvalue weighted by molar-refractivity contribution is 6.33. The summed E-state index contributed by atoms with van der Waals surface area (Å²) in [6, 6.07) is 2.55. The Morgan fingerprint density at radius 1 is 1.53 bits per heavy atom. The maximum Gasteiger partial charge on any atom is 0.305 e. The number of carbonyl (C=O) groups is 2. The lowest BCUT2D eigenvalue weighted by Crippen LogP contribution is -2.34. The van der Waals surface area contributed by atoms with Crippen LogP contribution in [-0.2, 0) is 4.79 Å². The lowest BCUT2D eigenvalue weighted by molar-refractivity contribution is -0.137. The van der Waals surface area contributed by atoms with E-state index in [9.17, 15) is 9.59 Å². The maximum absolute atomic E-state index is 11.9. The molecule has 0 aromatic carbocycles. The molecule has 104 valence electrons. The van der Waals surface area contributed by atoms with Crippen molar-refractivity contribution in [2.24, 2.45) is 0 Å². The van der Waals surface area contributed by atoms with Crippen LogP contribution < -0.4 is 10.1 Å². The fourth-order valence-electron chi connectivity index (χ4n) is 1.42. The van der Waals surface area contributed by atoms with Crippen molar-refractivity contribution in [2.45, 2.75) is 26.3 Å². The highest BCUT2D eigenvalue weighted by Crippen LogP contribution is 2.18. The first-order valence-electron chi connectivity index (χ1n) is 5.76. The van der Waals surface area contributed by atoms with Crippen LogP contribution in [0.15, 0.2) is 12.1 Å². The molecule has 2 N–H and O–H groups in total. The number of carbonyl (C=O) groups excluding carboxylic acids is 1. The summed E-state index contributed by atoms with van der Waals surface area (Å²) >= 11 is 5.89. The van der Waals surface area contributed by atoms with Crippen molar-refractivity contribution in [3.8, 4) is 5.88 Å². The van der Waals surface area contributed by atoms with E-state index in [4.69, 9.17) is 21.4 Å². The van der Waals surface area contributed by atoms with Gasteiger partial charge in [-0.15, -0.1) is 0 Å². The summed E-state index contributed by atoms with van der Waals surface area (Å²) in [7, 11) is 0. The molecule has 0 saturated heterocycles. The number of ether oxygens (including phenoxy) is 1. The molecule has 0 saturated carbocycles. The minimum Gasteiger partial charge on any atom is -0.481 e. The summed E-state index contributed by atoms with van der Waals surface area (Å²) in [5.41, 5.74) is 0.0184. The van der Waals surface area contributed by atoms with E-state index in [2.05, 4.69) is 10.3 Å². The van der Waals surface area contributed by atoms with Crippen LogP contribution in [0.25, 0.3) is 0 Å². The van der Waals surface area contributed by atoms with Gasteiger partial charge in [-0.05, 0) is 19.9 Å². The van der Waals surface area contributed by atoms with Crippen molar-refractivity contribution in [2.75, 3.05) is 6.61 Å². The third-order valence-electron chi connectivity index (χ3n) is 2.19. The molecule has 0 radical (unpaired) electrons. The monoisotopic (exact) mass is 286 g/mol. The zero-order valence-corrected chi connectivity index (χ0v) is 11.4. The lowest BCUT2D eigenvalue weighted by Gasteiger charge is -2.12. The molecule has 0 aliphatic heterocycles. The molecule has 7 heteroatoms. The number of carboxylic acids is 1. The van der Waals surface area contributed by atoms with Gasteiger partial charge in [0.15, 0.2) is 5.69 Å². The van der Waals surface area contributed by atoms with Crippen LogP contribution in [-0.4, -0.2) is 34.6 Å². The smallest absolute Gasteiger partial charge is 0.305 e. The molecule has 0 fully saturated rings. The summed E-state index contributed by atoms with van der Waals surface area (Å²) in [6.45, 7) is 3.81. The van der Waals surface area contributed by atoms with E-state index in [0.717, 1.165) is 0 Å². The Balaban J connectivity index is 2.80. The Morgan fingerprint density at radius 2 is 2.21 bits per heavy atom. The Hall–Kier alpha value is -1.82. The summed E-state index contributed by atoms with van der Waals surface area (Å²) in [5.74, 6) is -1.22. The number of nitrogens with one attached hydrogen (secondary N) is 1. The van der Waals surface area contributed by atoms with Crippen LogP contribution in [0.4, 0.5) is 0 Å². The number of hydrogen-bond donors (Lipinski definition) is 2. The number of pyridine rings is 1. The number of nitrogens with zero attached hydrogens (tertiary/aromatic N) is 1. The quantitative estimate of drug-likeness (QED) is 0.831. The van der Waals surface area contributed by atoms with Crippen molar-refractivity contribution in [3.05, 3.63) is 22.8 Å². The van der Waals surface area contributed by atoms with E-state index >= 15 is 0 Å². The van der Waals surface area contributed by atoms with E-state index in [1.165, 1.54) is 6.07 Å². The second-order valence-electron chi connectivity index (χ2n) is 3.89. The number of halogens is 1. The topological polar surface area (TPSA) is 88.5 Å². The van der Waals surface area contributed by atoms with Crippen molar-refractivity contribution in [3.63, 3.8) is 0 Å². The summed E-state index contributed by atoms with van der Waals surface area (Å²) < 4.78 is 5.18. The van der Waals surface area contributed by atoms with Crippen LogP contribution in [0.2, 0.25) is 5.02 Å². The molecule has 1 aromatic heterocycles. The van der Waals surface area contributed by atoms with E-state index in [1.54, 1.807) is 19.9 Å². The van der Waals surface area contributed by atoms with Crippen LogP contribution in [0.5, 0.6) is 5.88 Å². The van der Waals surface area contributed by atoms with Crippen LogP contribution in [0.3, 0.4) is 0 Å². The summed E-state index contributed by atoms with van der Waals surface area (Å²) in [4.78, 5) is 26.4. The first-order chi connectivity index (χ1) is 8.93. The van der Waals surface area contributed by atoms with E-state index in [1.807, 2.05) is 0 Å². The van der Waals surface area contributed by atoms with Gasteiger partial charge in [-0.3, -0.25) is 9.59 Å². The molecule has 1 amide bonds. The normalized spacial score (nSPS) is 11.7. The number of aromatic nitrogens is 1. The largest absolute Gasteiger partial charge is 0.481 e. The van der Waals surface area contributed by atoms with Gasteiger partial charge in [-0.25, -0.2) is 4.98 Å². The molecule has 1 atom stereocenters. The Bertz CT molecular complexity index is 479.